The molecule has 0 spiro atoms. The molecule has 0 aliphatic carbocycles. The number of unbranched alkanes of at least 4 members (excludes halogenated alkanes) is 40. The second-order valence-electron chi connectivity index (χ2n) is 21.0. The molecule has 0 aromatic heterocycles. The van der Waals surface area contributed by atoms with Crippen molar-refractivity contribution in [3.05, 3.63) is 36.5 Å². The number of esters is 3. The Labute approximate surface area is 435 Å². The summed E-state index contributed by atoms with van der Waals surface area (Å²) in [4.78, 5) is 38.2. The highest BCUT2D eigenvalue weighted by molar-refractivity contribution is 5.71. The van der Waals surface area contributed by atoms with Gasteiger partial charge in [-0.15, -0.1) is 0 Å². The van der Waals surface area contributed by atoms with Crippen molar-refractivity contribution in [1.29, 1.82) is 0 Å². The molecule has 0 aliphatic rings. The van der Waals surface area contributed by atoms with E-state index >= 15 is 0 Å². The van der Waals surface area contributed by atoms with Crippen LogP contribution < -0.4 is 0 Å². The van der Waals surface area contributed by atoms with Crippen LogP contribution in [0.3, 0.4) is 0 Å². The van der Waals surface area contributed by atoms with Gasteiger partial charge in [0, 0.05) is 19.3 Å². The lowest BCUT2D eigenvalue weighted by molar-refractivity contribution is -0.167. The molecule has 0 rings (SSSR count). The van der Waals surface area contributed by atoms with Crippen LogP contribution >= 0.6 is 0 Å². The van der Waals surface area contributed by atoms with Crippen LogP contribution in [0.5, 0.6) is 0 Å². The third-order valence-electron chi connectivity index (χ3n) is 13.9. The van der Waals surface area contributed by atoms with E-state index in [0.717, 1.165) is 83.5 Å². The van der Waals surface area contributed by atoms with Gasteiger partial charge in [-0.1, -0.05) is 276 Å². The van der Waals surface area contributed by atoms with E-state index in [2.05, 4.69) is 57.2 Å². The predicted molar refractivity (Wildman–Crippen MR) is 302 cm³/mol. The van der Waals surface area contributed by atoms with Crippen LogP contribution in [0.25, 0.3) is 0 Å². The van der Waals surface area contributed by atoms with Crippen LogP contribution in [0.2, 0.25) is 0 Å². The molecule has 0 aliphatic heterocycles. The number of hydrogen-bond donors (Lipinski definition) is 0. The molecule has 1 atom stereocenters. The van der Waals surface area contributed by atoms with E-state index < -0.39 is 6.10 Å². The van der Waals surface area contributed by atoms with Gasteiger partial charge in [0.1, 0.15) is 13.2 Å². The van der Waals surface area contributed by atoms with E-state index in [0.29, 0.717) is 19.3 Å². The quantitative estimate of drug-likeness (QED) is 0.0261. The molecule has 0 radical (unpaired) electrons. The molecule has 0 saturated carbocycles. The monoisotopic (exact) mass is 983 g/mol. The summed E-state index contributed by atoms with van der Waals surface area (Å²) in [6.07, 6.45) is 71.5. The molecule has 0 aromatic carbocycles. The van der Waals surface area contributed by atoms with E-state index in [4.69, 9.17) is 14.2 Å². The summed E-state index contributed by atoms with van der Waals surface area (Å²) in [5, 5.41) is 0. The Kier molecular flexibility index (Phi) is 57.2. The lowest BCUT2D eigenvalue weighted by atomic mass is 10.0. The van der Waals surface area contributed by atoms with Crippen molar-refractivity contribution in [1.82, 2.24) is 0 Å². The van der Waals surface area contributed by atoms with Crippen LogP contribution in [0, 0.1) is 0 Å². The summed E-state index contributed by atoms with van der Waals surface area (Å²) in [5.74, 6) is -0.869. The number of rotatable bonds is 57. The van der Waals surface area contributed by atoms with Crippen molar-refractivity contribution in [3.63, 3.8) is 0 Å². The summed E-state index contributed by atoms with van der Waals surface area (Å²) in [7, 11) is 0. The van der Waals surface area contributed by atoms with Crippen LogP contribution in [-0.2, 0) is 28.6 Å². The lowest BCUT2D eigenvalue weighted by Crippen LogP contribution is -2.30. The van der Waals surface area contributed by atoms with Gasteiger partial charge in [0.05, 0.1) is 0 Å². The van der Waals surface area contributed by atoms with Gasteiger partial charge in [0.2, 0.25) is 0 Å². The van der Waals surface area contributed by atoms with E-state index in [1.165, 1.54) is 212 Å². The van der Waals surface area contributed by atoms with Crippen molar-refractivity contribution in [2.45, 2.75) is 341 Å². The molecule has 0 aromatic rings. The first-order valence-corrected chi connectivity index (χ1v) is 31.0. The van der Waals surface area contributed by atoms with Gasteiger partial charge < -0.3 is 14.2 Å². The fraction of sp³-hybridized carbons (Fsp3) is 0.859. The number of carbonyl (C=O) groups is 3. The predicted octanol–water partition coefficient (Wildman–Crippen LogP) is 20.8. The Morgan fingerprint density at radius 2 is 0.514 bits per heavy atom. The first kappa shape index (κ1) is 67.6. The Hall–Kier alpha value is -2.37. The molecular formula is C64H118O6. The minimum atomic E-state index is -0.776. The van der Waals surface area contributed by atoms with E-state index in [-0.39, 0.29) is 31.1 Å². The number of allylic oxidation sites excluding steroid dienone is 6. The highest BCUT2D eigenvalue weighted by Crippen LogP contribution is 2.17. The van der Waals surface area contributed by atoms with Crippen LogP contribution in [-0.4, -0.2) is 37.2 Å². The van der Waals surface area contributed by atoms with Crippen LogP contribution in [0.1, 0.15) is 335 Å². The van der Waals surface area contributed by atoms with Gasteiger partial charge >= 0.3 is 17.9 Å². The van der Waals surface area contributed by atoms with Gasteiger partial charge in [0.25, 0.3) is 0 Å². The standard InChI is InChI=1S/C64H118O6/c1-4-7-10-13-16-19-22-25-27-28-29-30-31-32-33-34-35-36-38-39-42-45-48-51-54-57-63(66)69-60-61(59-68-62(65)56-53-50-47-44-41-24-21-18-15-12-9-6-3)70-64(67)58-55-52-49-46-43-40-37-26-23-20-17-14-11-8-5-2/h17,20,26,28-29,37,61H,4-16,18-19,21-25,27,30-36,38-60H2,1-3H3/b20-17-,29-28-,37-26-. The molecular weight excluding hydrogens is 865 g/mol. The first-order chi connectivity index (χ1) is 34.5. The second-order valence-corrected chi connectivity index (χ2v) is 21.0. The molecule has 70 heavy (non-hydrogen) atoms. The smallest absolute Gasteiger partial charge is 0.306 e. The van der Waals surface area contributed by atoms with E-state index in [9.17, 15) is 14.4 Å². The molecule has 0 saturated heterocycles. The fourth-order valence-electron chi connectivity index (χ4n) is 9.18. The van der Waals surface area contributed by atoms with Gasteiger partial charge in [-0.05, 0) is 77.0 Å². The third-order valence-corrected chi connectivity index (χ3v) is 13.9. The summed E-state index contributed by atoms with van der Waals surface area (Å²) in [6, 6.07) is 0. The molecule has 410 valence electrons. The SMILES string of the molecule is CCCCC/C=C\C/C=C\CCCCCCCC(=O)OC(COC(=O)CCCCCCCCCCCCCC)COC(=O)CCCCCCCCCCCCCCC/C=C\CCCCCCCCCC. The largest absolute Gasteiger partial charge is 0.462 e. The second kappa shape index (κ2) is 59.2. The number of carbonyl (C=O) groups excluding carboxylic acids is 3. The Morgan fingerprint density at radius 3 is 0.829 bits per heavy atom. The van der Waals surface area contributed by atoms with Crippen molar-refractivity contribution in [2.24, 2.45) is 0 Å². The number of ether oxygens (including phenoxy) is 3. The maximum atomic E-state index is 12.8. The molecule has 0 amide bonds. The highest BCUT2D eigenvalue weighted by atomic mass is 16.6. The first-order valence-electron chi connectivity index (χ1n) is 31.0. The third kappa shape index (κ3) is 56.5. The minimum absolute atomic E-state index is 0.0738. The Morgan fingerprint density at radius 1 is 0.286 bits per heavy atom. The summed E-state index contributed by atoms with van der Waals surface area (Å²) in [6.45, 7) is 6.64. The zero-order valence-electron chi connectivity index (χ0n) is 47.1. The summed E-state index contributed by atoms with van der Waals surface area (Å²) in [5.41, 5.74) is 0. The zero-order chi connectivity index (χ0) is 50.7. The van der Waals surface area contributed by atoms with Crippen molar-refractivity contribution in [2.75, 3.05) is 13.2 Å². The van der Waals surface area contributed by atoms with E-state index in [1.54, 1.807) is 0 Å². The van der Waals surface area contributed by atoms with Gasteiger partial charge in [-0.25, -0.2) is 0 Å². The molecule has 0 N–H and O–H groups in total. The Bertz CT molecular complexity index is 1170. The molecule has 0 heterocycles. The summed E-state index contributed by atoms with van der Waals surface area (Å²) >= 11 is 0. The fourth-order valence-corrected chi connectivity index (χ4v) is 9.18. The average Bonchev–Trinajstić information content (AvgIpc) is 3.36. The molecule has 6 heteroatoms. The van der Waals surface area contributed by atoms with Crippen LogP contribution in [0.4, 0.5) is 0 Å². The maximum Gasteiger partial charge on any atom is 0.306 e. The molecule has 1 unspecified atom stereocenters. The topological polar surface area (TPSA) is 78.9 Å². The number of hydrogen-bond acceptors (Lipinski definition) is 6. The zero-order valence-corrected chi connectivity index (χ0v) is 47.1. The lowest BCUT2D eigenvalue weighted by Gasteiger charge is -2.18. The Balaban J connectivity index is 4.22. The molecule has 0 fully saturated rings. The van der Waals surface area contributed by atoms with E-state index in [1.807, 2.05) is 0 Å². The highest BCUT2D eigenvalue weighted by Gasteiger charge is 2.19. The van der Waals surface area contributed by atoms with Gasteiger partial charge in [0.15, 0.2) is 6.10 Å². The summed E-state index contributed by atoms with van der Waals surface area (Å²) < 4.78 is 16.9. The molecule has 6 nitrogen and oxygen atoms in total. The van der Waals surface area contributed by atoms with Gasteiger partial charge in [-0.2, -0.15) is 0 Å². The maximum absolute atomic E-state index is 12.8. The van der Waals surface area contributed by atoms with Crippen molar-refractivity contribution >= 4 is 17.9 Å². The van der Waals surface area contributed by atoms with Crippen LogP contribution in [0.15, 0.2) is 36.5 Å². The normalized spacial score (nSPS) is 12.2. The minimum Gasteiger partial charge on any atom is -0.462 e. The molecule has 0 bridgehead atoms. The van der Waals surface area contributed by atoms with Crippen molar-refractivity contribution in [3.8, 4) is 0 Å². The van der Waals surface area contributed by atoms with Gasteiger partial charge in [-0.3, -0.25) is 14.4 Å². The average molecular weight is 984 g/mol. The van der Waals surface area contributed by atoms with Crippen molar-refractivity contribution < 1.29 is 28.6 Å².